The zero-order chi connectivity index (χ0) is 16.1. The molecular weight excluding hydrogens is 328 g/mol. The lowest BCUT2D eigenvalue weighted by molar-refractivity contribution is -0.115. The summed E-state index contributed by atoms with van der Waals surface area (Å²) < 4.78 is 10.8. The lowest BCUT2D eigenvalue weighted by atomic mass is 10.1. The molecule has 0 saturated carbocycles. The van der Waals surface area contributed by atoms with Gasteiger partial charge in [-0.3, -0.25) is 4.79 Å². The fourth-order valence-electron chi connectivity index (χ4n) is 2.53. The van der Waals surface area contributed by atoms with Gasteiger partial charge in [-0.05, 0) is 35.9 Å². The van der Waals surface area contributed by atoms with E-state index in [9.17, 15) is 4.79 Å². The lowest BCUT2D eigenvalue weighted by Gasteiger charge is -2.10. The summed E-state index contributed by atoms with van der Waals surface area (Å²) in [4.78, 5) is 12.2. The predicted octanol–water partition coefficient (Wildman–Crippen LogP) is 2.78. The number of methoxy groups -OCH3 is 1. The van der Waals surface area contributed by atoms with Gasteiger partial charge in [-0.15, -0.1) is 12.4 Å². The Balaban J connectivity index is 0.00000208. The van der Waals surface area contributed by atoms with Crippen LogP contribution in [0, 0.1) is 0 Å². The molecule has 1 amide bonds. The smallest absolute Gasteiger partial charge is 0.228 e. The molecule has 0 aliphatic carbocycles. The molecule has 0 saturated heterocycles. The normalized spacial score (nSPS) is 12.9. The Kier molecular flexibility index (Phi) is 6.46. The first-order valence-electron chi connectivity index (χ1n) is 7.64. The summed E-state index contributed by atoms with van der Waals surface area (Å²) in [5.41, 5.74) is 2.79. The SMILES string of the molecule is COc1ccc(CC(=O)Nc2ccc3c(c2)CNCCO3)cc1.Cl. The van der Waals surface area contributed by atoms with E-state index >= 15 is 0 Å². The van der Waals surface area contributed by atoms with Crippen LogP contribution in [0.5, 0.6) is 11.5 Å². The summed E-state index contributed by atoms with van der Waals surface area (Å²) in [5, 5.41) is 6.22. The summed E-state index contributed by atoms with van der Waals surface area (Å²) in [7, 11) is 1.62. The van der Waals surface area contributed by atoms with Gasteiger partial charge in [-0.1, -0.05) is 12.1 Å². The Labute approximate surface area is 147 Å². The van der Waals surface area contributed by atoms with Crippen LogP contribution in [0.1, 0.15) is 11.1 Å². The number of ether oxygens (including phenoxy) is 2. The lowest BCUT2D eigenvalue weighted by Crippen LogP contribution is -2.16. The number of halogens is 1. The standard InChI is InChI=1S/C18H20N2O3.ClH/c1-22-16-5-2-13(3-6-16)10-18(21)20-15-4-7-17-14(11-15)12-19-8-9-23-17;/h2-7,11,19H,8-10,12H2,1H3,(H,20,21);1H. The first kappa shape index (κ1) is 18.1. The van der Waals surface area contributed by atoms with Crippen LogP contribution in [0.15, 0.2) is 42.5 Å². The maximum absolute atomic E-state index is 12.2. The van der Waals surface area contributed by atoms with Crippen molar-refractivity contribution in [2.45, 2.75) is 13.0 Å². The number of hydrogen-bond donors (Lipinski definition) is 2. The third-order valence-electron chi connectivity index (χ3n) is 3.72. The molecule has 1 aliphatic rings. The number of rotatable bonds is 4. The minimum Gasteiger partial charge on any atom is -0.497 e. The van der Waals surface area contributed by atoms with Gasteiger partial charge in [-0.2, -0.15) is 0 Å². The van der Waals surface area contributed by atoms with Gasteiger partial charge < -0.3 is 20.1 Å². The molecule has 0 bridgehead atoms. The van der Waals surface area contributed by atoms with Gasteiger partial charge in [-0.25, -0.2) is 0 Å². The molecule has 0 radical (unpaired) electrons. The Morgan fingerprint density at radius 2 is 2.04 bits per heavy atom. The van der Waals surface area contributed by atoms with Crippen LogP contribution in [0.25, 0.3) is 0 Å². The molecule has 24 heavy (non-hydrogen) atoms. The summed E-state index contributed by atoms with van der Waals surface area (Å²) >= 11 is 0. The fourth-order valence-corrected chi connectivity index (χ4v) is 2.53. The van der Waals surface area contributed by atoms with Crippen LogP contribution >= 0.6 is 12.4 Å². The molecule has 128 valence electrons. The van der Waals surface area contributed by atoms with Gasteiger partial charge in [0.05, 0.1) is 13.5 Å². The van der Waals surface area contributed by atoms with Gasteiger partial charge in [0.1, 0.15) is 18.1 Å². The maximum atomic E-state index is 12.2. The van der Waals surface area contributed by atoms with Crippen molar-refractivity contribution in [3.05, 3.63) is 53.6 Å². The number of carbonyl (C=O) groups excluding carboxylic acids is 1. The molecule has 2 aromatic rings. The number of anilines is 1. The van der Waals surface area contributed by atoms with Crippen molar-refractivity contribution in [1.82, 2.24) is 5.32 Å². The molecule has 3 rings (SSSR count). The van der Waals surface area contributed by atoms with E-state index in [4.69, 9.17) is 9.47 Å². The van der Waals surface area contributed by atoms with Gasteiger partial charge in [0.15, 0.2) is 0 Å². The average molecular weight is 349 g/mol. The number of benzene rings is 2. The average Bonchev–Trinajstić information content (AvgIpc) is 2.80. The van der Waals surface area contributed by atoms with E-state index < -0.39 is 0 Å². The second-order valence-electron chi connectivity index (χ2n) is 5.42. The third-order valence-corrected chi connectivity index (χ3v) is 3.72. The van der Waals surface area contributed by atoms with Crippen LogP contribution in [0.4, 0.5) is 5.69 Å². The Morgan fingerprint density at radius 1 is 1.25 bits per heavy atom. The molecule has 2 N–H and O–H groups in total. The molecular formula is C18H21ClN2O3. The molecule has 1 heterocycles. The van der Waals surface area contributed by atoms with E-state index in [1.54, 1.807) is 7.11 Å². The zero-order valence-corrected chi connectivity index (χ0v) is 14.3. The molecule has 0 spiro atoms. The molecule has 0 atom stereocenters. The van der Waals surface area contributed by atoms with Crippen molar-refractivity contribution in [2.75, 3.05) is 25.6 Å². The second-order valence-corrected chi connectivity index (χ2v) is 5.42. The molecule has 0 unspecified atom stereocenters. The highest BCUT2D eigenvalue weighted by atomic mass is 35.5. The molecule has 0 aromatic heterocycles. The van der Waals surface area contributed by atoms with Crippen molar-refractivity contribution in [3.63, 3.8) is 0 Å². The molecule has 0 fully saturated rings. The Morgan fingerprint density at radius 3 is 2.79 bits per heavy atom. The summed E-state index contributed by atoms with van der Waals surface area (Å²) in [6, 6.07) is 13.2. The summed E-state index contributed by atoms with van der Waals surface area (Å²) in [6.45, 7) is 2.24. The van der Waals surface area contributed by atoms with E-state index in [0.29, 0.717) is 13.0 Å². The van der Waals surface area contributed by atoms with Crippen LogP contribution in [-0.2, 0) is 17.8 Å². The topological polar surface area (TPSA) is 59.6 Å². The molecule has 2 aromatic carbocycles. The number of hydrogen-bond acceptors (Lipinski definition) is 4. The highest BCUT2D eigenvalue weighted by Crippen LogP contribution is 2.24. The first-order valence-corrected chi connectivity index (χ1v) is 7.64. The van der Waals surface area contributed by atoms with Crippen molar-refractivity contribution in [3.8, 4) is 11.5 Å². The van der Waals surface area contributed by atoms with E-state index in [1.807, 2.05) is 42.5 Å². The molecule has 1 aliphatic heterocycles. The third kappa shape index (κ3) is 4.63. The predicted molar refractivity (Wildman–Crippen MR) is 96.2 cm³/mol. The Bertz CT molecular complexity index is 689. The van der Waals surface area contributed by atoms with Crippen molar-refractivity contribution < 1.29 is 14.3 Å². The summed E-state index contributed by atoms with van der Waals surface area (Å²) in [6.07, 6.45) is 0.329. The summed E-state index contributed by atoms with van der Waals surface area (Å²) in [5.74, 6) is 1.62. The largest absolute Gasteiger partial charge is 0.497 e. The second kappa shape index (κ2) is 8.57. The van der Waals surface area contributed by atoms with Crippen LogP contribution < -0.4 is 20.1 Å². The number of carbonyl (C=O) groups is 1. The van der Waals surface area contributed by atoms with Crippen LogP contribution in [0.3, 0.4) is 0 Å². The minimum absolute atomic E-state index is 0. The van der Waals surface area contributed by atoms with Crippen LogP contribution in [0.2, 0.25) is 0 Å². The van der Waals surface area contributed by atoms with Crippen molar-refractivity contribution in [1.29, 1.82) is 0 Å². The van der Waals surface area contributed by atoms with E-state index in [2.05, 4.69) is 10.6 Å². The van der Waals surface area contributed by atoms with E-state index in [0.717, 1.165) is 41.4 Å². The monoisotopic (exact) mass is 348 g/mol. The van der Waals surface area contributed by atoms with Gasteiger partial charge in [0.2, 0.25) is 5.91 Å². The number of amides is 1. The number of nitrogens with one attached hydrogen (secondary N) is 2. The molecule has 6 heteroatoms. The quantitative estimate of drug-likeness (QED) is 0.892. The highest BCUT2D eigenvalue weighted by molar-refractivity contribution is 5.92. The minimum atomic E-state index is -0.0439. The zero-order valence-electron chi connectivity index (χ0n) is 13.5. The van der Waals surface area contributed by atoms with Gasteiger partial charge in [0.25, 0.3) is 0 Å². The van der Waals surface area contributed by atoms with E-state index in [1.165, 1.54) is 0 Å². The maximum Gasteiger partial charge on any atom is 0.228 e. The Hall–Kier alpha value is -2.24. The van der Waals surface area contributed by atoms with Gasteiger partial charge in [0, 0.05) is 24.3 Å². The number of fused-ring (bicyclic) bond motifs is 1. The highest BCUT2D eigenvalue weighted by Gasteiger charge is 2.10. The molecule has 5 nitrogen and oxygen atoms in total. The van der Waals surface area contributed by atoms with Crippen molar-refractivity contribution >= 4 is 24.0 Å². The van der Waals surface area contributed by atoms with E-state index in [-0.39, 0.29) is 18.3 Å². The van der Waals surface area contributed by atoms with Gasteiger partial charge >= 0.3 is 0 Å². The first-order chi connectivity index (χ1) is 11.2. The fraction of sp³-hybridized carbons (Fsp3) is 0.278. The van der Waals surface area contributed by atoms with Crippen molar-refractivity contribution in [2.24, 2.45) is 0 Å². The van der Waals surface area contributed by atoms with Crippen LogP contribution in [-0.4, -0.2) is 26.2 Å².